The molecule has 0 saturated heterocycles. The molecule has 0 amide bonds. The quantitative estimate of drug-likeness (QED) is 0.720. The first kappa shape index (κ1) is 19.0. The van der Waals surface area contributed by atoms with E-state index in [2.05, 4.69) is 0 Å². The lowest BCUT2D eigenvalue weighted by Crippen LogP contribution is -2.28. The summed E-state index contributed by atoms with van der Waals surface area (Å²) >= 11 is 0. The first-order valence-corrected chi connectivity index (χ1v) is 8.33. The third-order valence-electron chi connectivity index (χ3n) is 3.67. The van der Waals surface area contributed by atoms with E-state index in [4.69, 9.17) is 14.2 Å². The molecule has 0 aliphatic rings. The van der Waals surface area contributed by atoms with Crippen LogP contribution in [0, 0.1) is 6.92 Å². The van der Waals surface area contributed by atoms with Gasteiger partial charge in [0.2, 0.25) is 0 Å². The van der Waals surface area contributed by atoms with Crippen LogP contribution in [0.1, 0.15) is 43.6 Å². The number of esters is 1. The second-order valence-electron chi connectivity index (χ2n) is 6.93. The van der Waals surface area contributed by atoms with E-state index in [-0.39, 0.29) is 0 Å². The lowest BCUT2D eigenvalue weighted by Gasteiger charge is -2.27. The maximum Gasteiger partial charge on any atom is 0.339 e. The molecule has 1 atom stereocenters. The van der Waals surface area contributed by atoms with Crippen LogP contribution in [0.25, 0.3) is 0 Å². The lowest BCUT2D eigenvalue weighted by atomic mass is 10.0. The van der Waals surface area contributed by atoms with E-state index in [9.17, 15) is 4.79 Å². The third kappa shape index (κ3) is 5.61. The largest absolute Gasteiger partial charge is 0.489 e. The zero-order chi connectivity index (χ0) is 18.4. The minimum atomic E-state index is -0.787. The van der Waals surface area contributed by atoms with Gasteiger partial charge in [-0.1, -0.05) is 36.4 Å². The molecule has 0 aliphatic carbocycles. The molecule has 2 rings (SSSR count). The molecule has 2 aromatic rings. The van der Waals surface area contributed by atoms with Crippen LogP contribution in [0.4, 0.5) is 0 Å². The molecule has 0 fully saturated rings. The van der Waals surface area contributed by atoms with Gasteiger partial charge < -0.3 is 14.2 Å². The van der Waals surface area contributed by atoms with Gasteiger partial charge in [0.1, 0.15) is 12.4 Å². The van der Waals surface area contributed by atoms with Gasteiger partial charge in [-0.05, 0) is 56.5 Å². The fraction of sp³-hybridized carbons (Fsp3) is 0.381. The van der Waals surface area contributed by atoms with Gasteiger partial charge in [-0.3, -0.25) is 0 Å². The number of methoxy groups -OCH3 is 1. The minimum absolute atomic E-state index is 0.418. The second-order valence-corrected chi connectivity index (χ2v) is 6.93. The predicted octanol–water partition coefficient (Wildman–Crippen LogP) is 4.60. The Kier molecular flexibility index (Phi) is 6.21. The highest BCUT2D eigenvalue weighted by atomic mass is 16.6. The number of ether oxygens (including phenoxy) is 3. The summed E-state index contributed by atoms with van der Waals surface area (Å²) in [7, 11) is 1.37. The van der Waals surface area contributed by atoms with Crippen LogP contribution >= 0.6 is 0 Å². The van der Waals surface area contributed by atoms with Gasteiger partial charge in [-0.15, -0.1) is 0 Å². The van der Waals surface area contributed by atoms with Gasteiger partial charge in [0.15, 0.2) is 6.10 Å². The van der Waals surface area contributed by atoms with Crippen molar-refractivity contribution in [1.82, 2.24) is 0 Å². The summed E-state index contributed by atoms with van der Waals surface area (Å²) in [6, 6.07) is 15.6. The summed E-state index contributed by atoms with van der Waals surface area (Å²) < 4.78 is 16.8. The Labute approximate surface area is 149 Å². The molecule has 0 radical (unpaired) electrons. The Hall–Kier alpha value is -2.33. The Balaban J connectivity index is 2.24. The van der Waals surface area contributed by atoms with E-state index in [0.717, 1.165) is 16.7 Å². The van der Waals surface area contributed by atoms with E-state index >= 15 is 0 Å². The first-order chi connectivity index (χ1) is 11.8. The molecular formula is C21H26O4. The number of benzene rings is 2. The standard InChI is InChI=1S/C21H26O4/c1-15-11-12-17(24-14-16-9-7-6-8-10-16)13-18(15)19(20(22)23-5)25-21(2,3)4/h6-13,19H,14H2,1-5H3. The van der Waals surface area contributed by atoms with E-state index in [0.29, 0.717) is 12.4 Å². The van der Waals surface area contributed by atoms with Crippen LogP contribution in [0.3, 0.4) is 0 Å². The molecule has 0 heterocycles. The summed E-state index contributed by atoms with van der Waals surface area (Å²) in [6.07, 6.45) is -0.787. The number of carbonyl (C=O) groups is 1. The molecule has 0 spiro atoms. The highest BCUT2D eigenvalue weighted by Crippen LogP contribution is 2.30. The second kappa shape index (κ2) is 8.17. The van der Waals surface area contributed by atoms with Gasteiger partial charge in [-0.2, -0.15) is 0 Å². The maximum absolute atomic E-state index is 12.2. The van der Waals surface area contributed by atoms with E-state index in [1.807, 2.05) is 76.2 Å². The maximum atomic E-state index is 12.2. The van der Waals surface area contributed by atoms with Gasteiger partial charge in [0, 0.05) is 0 Å². The van der Waals surface area contributed by atoms with Crippen molar-refractivity contribution in [3.8, 4) is 5.75 Å². The van der Waals surface area contributed by atoms with Crippen molar-refractivity contribution in [1.29, 1.82) is 0 Å². The fourth-order valence-electron chi connectivity index (χ4n) is 2.43. The highest BCUT2D eigenvalue weighted by molar-refractivity contribution is 5.77. The first-order valence-electron chi connectivity index (χ1n) is 8.33. The molecule has 1 unspecified atom stereocenters. The normalized spacial score (nSPS) is 12.5. The molecule has 0 N–H and O–H groups in total. The monoisotopic (exact) mass is 342 g/mol. The third-order valence-corrected chi connectivity index (χ3v) is 3.67. The van der Waals surface area contributed by atoms with Crippen molar-refractivity contribution in [3.05, 3.63) is 65.2 Å². The highest BCUT2D eigenvalue weighted by Gasteiger charge is 2.29. The van der Waals surface area contributed by atoms with Crippen LogP contribution in [0.15, 0.2) is 48.5 Å². The van der Waals surface area contributed by atoms with Crippen molar-refractivity contribution in [2.24, 2.45) is 0 Å². The fourth-order valence-corrected chi connectivity index (χ4v) is 2.43. The van der Waals surface area contributed by atoms with Crippen molar-refractivity contribution < 1.29 is 19.0 Å². The summed E-state index contributed by atoms with van der Waals surface area (Å²) in [5.41, 5.74) is 2.31. The molecular weight excluding hydrogens is 316 g/mol. The molecule has 2 aromatic carbocycles. The molecule has 4 nitrogen and oxygen atoms in total. The van der Waals surface area contributed by atoms with Gasteiger partial charge in [0.05, 0.1) is 12.7 Å². The number of aryl methyl sites for hydroxylation is 1. The molecule has 0 aliphatic heterocycles. The van der Waals surface area contributed by atoms with Gasteiger partial charge in [0.25, 0.3) is 0 Å². The molecule has 0 aromatic heterocycles. The minimum Gasteiger partial charge on any atom is -0.489 e. The van der Waals surface area contributed by atoms with Crippen molar-refractivity contribution >= 4 is 5.97 Å². The van der Waals surface area contributed by atoms with Crippen LogP contribution in [0.5, 0.6) is 5.75 Å². The number of carbonyl (C=O) groups excluding carboxylic acids is 1. The average Bonchev–Trinajstić information content (AvgIpc) is 2.58. The molecule has 0 bridgehead atoms. The van der Waals surface area contributed by atoms with Crippen LogP contribution < -0.4 is 4.74 Å². The van der Waals surface area contributed by atoms with E-state index in [1.54, 1.807) is 0 Å². The summed E-state index contributed by atoms with van der Waals surface area (Å²) in [6.45, 7) is 8.14. The zero-order valence-corrected chi connectivity index (χ0v) is 15.5. The smallest absolute Gasteiger partial charge is 0.339 e. The summed E-state index contributed by atoms with van der Waals surface area (Å²) in [5.74, 6) is 0.272. The lowest BCUT2D eigenvalue weighted by molar-refractivity contribution is -0.164. The van der Waals surface area contributed by atoms with Crippen molar-refractivity contribution in [3.63, 3.8) is 0 Å². The molecule has 25 heavy (non-hydrogen) atoms. The summed E-state index contributed by atoms with van der Waals surface area (Å²) in [4.78, 5) is 12.2. The Bertz CT molecular complexity index is 702. The van der Waals surface area contributed by atoms with Crippen molar-refractivity contribution in [2.45, 2.75) is 46.0 Å². The Morgan fingerprint density at radius 1 is 1.08 bits per heavy atom. The predicted molar refractivity (Wildman–Crippen MR) is 97.5 cm³/mol. The van der Waals surface area contributed by atoms with E-state index in [1.165, 1.54) is 7.11 Å². The van der Waals surface area contributed by atoms with Crippen LogP contribution in [-0.4, -0.2) is 18.7 Å². The van der Waals surface area contributed by atoms with Crippen molar-refractivity contribution in [2.75, 3.05) is 7.11 Å². The average molecular weight is 342 g/mol. The Morgan fingerprint density at radius 2 is 1.76 bits per heavy atom. The van der Waals surface area contributed by atoms with Gasteiger partial charge in [-0.25, -0.2) is 4.79 Å². The van der Waals surface area contributed by atoms with Crippen LogP contribution in [-0.2, 0) is 20.9 Å². The Morgan fingerprint density at radius 3 is 2.36 bits per heavy atom. The van der Waals surface area contributed by atoms with E-state index < -0.39 is 17.7 Å². The van der Waals surface area contributed by atoms with Gasteiger partial charge >= 0.3 is 5.97 Å². The molecule has 0 saturated carbocycles. The molecule has 134 valence electrons. The number of hydrogen-bond donors (Lipinski definition) is 0. The number of hydrogen-bond acceptors (Lipinski definition) is 4. The summed E-state index contributed by atoms with van der Waals surface area (Å²) in [5, 5.41) is 0. The van der Waals surface area contributed by atoms with Crippen LogP contribution in [0.2, 0.25) is 0 Å². The zero-order valence-electron chi connectivity index (χ0n) is 15.5. The topological polar surface area (TPSA) is 44.8 Å². The SMILES string of the molecule is COC(=O)C(OC(C)(C)C)c1cc(OCc2ccccc2)ccc1C. The molecule has 4 heteroatoms. The number of rotatable bonds is 6.